The minimum absolute atomic E-state index is 0.367. The Morgan fingerprint density at radius 2 is 1.79 bits per heavy atom. The van der Waals surface area contributed by atoms with Crippen LogP contribution in [-0.2, 0) is 0 Å². The number of hydrogen-bond donors (Lipinski definition) is 1. The second-order valence-corrected chi connectivity index (χ2v) is 5.72. The van der Waals surface area contributed by atoms with Gasteiger partial charge in [-0.05, 0) is 59.9 Å². The molecule has 4 heteroatoms. The van der Waals surface area contributed by atoms with Crippen LogP contribution in [0.1, 0.15) is 40.0 Å². The van der Waals surface area contributed by atoms with E-state index in [1.807, 2.05) is 6.92 Å². The van der Waals surface area contributed by atoms with E-state index < -0.39 is 0 Å². The maximum absolute atomic E-state index is 9.23. The molecule has 0 bridgehead atoms. The highest BCUT2D eigenvalue weighted by molar-refractivity contribution is 5.03. The Morgan fingerprint density at radius 1 is 1.11 bits per heavy atom. The molecule has 0 saturated heterocycles. The summed E-state index contributed by atoms with van der Waals surface area (Å²) in [6, 6.07) is 2.40. The van der Waals surface area contributed by atoms with Crippen molar-refractivity contribution in [3.63, 3.8) is 0 Å². The fraction of sp³-hybridized carbons (Fsp3) is 0.933. The van der Waals surface area contributed by atoms with Gasteiger partial charge in [0.25, 0.3) is 0 Å². The number of likely N-dealkylation sites (N-methyl/N-ethyl adjacent to an activating group) is 1. The summed E-state index contributed by atoms with van der Waals surface area (Å²) < 4.78 is 0. The Morgan fingerprint density at radius 3 is 2.26 bits per heavy atom. The molecule has 0 aliphatic carbocycles. The van der Waals surface area contributed by atoms with E-state index in [1.165, 1.54) is 6.42 Å². The molecule has 0 aliphatic heterocycles. The number of hydrogen-bond acceptors (Lipinski definition) is 4. The first kappa shape index (κ1) is 18.4. The average Bonchev–Trinajstić information content (AvgIpc) is 2.36. The van der Waals surface area contributed by atoms with Crippen molar-refractivity contribution in [2.75, 3.05) is 46.8 Å². The van der Waals surface area contributed by atoms with Crippen LogP contribution in [0.4, 0.5) is 0 Å². The van der Waals surface area contributed by atoms with E-state index >= 15 is 0 Å². The van der Waals surface area contributed by atoms with E-state index in [9.17, 15) is 5.26 Å². The highest BCUT2D eigenvalue weighted by Gasteiger charge is 2.21. The summed E-state index contributed by atoms with van der Waals surface area (Å²) >= 11 is 0. The highest BCUT2D eigenvalue weighted by Crippen LogP contribution is 2.11. The molecule has 0 spiro atoms. The summed E-state index contributed by atoms with van der Waals surface area (Å²) in [6.45, 7) is 11.6. The maximum Gasteiger partial charge on any atom is 0.103 e. The van der Waals surface area contributed by atoms with E-state index in [4.69, 9.17) is 0 Å². The quantitative estimate of drug-likeness (QED) is 0.622. The van der Waals surface area contributed by atoms with Crippen molar-refractivity contribution in [3.8, 4) is 6.07 Å². The molecule has 0 rings (SSSR count). The first-order valence-corrected chi connectivity index (χ1v) is 7.50. The zero-order valence-corrected chi connectivity index (χ0v) is 13.5. The highest BCUT2D eigenvalue weighted by atomic mass is 15.2. The van der Waals surface area contributed by atoms with E-state index in [-0.39, 0.29) is 5.54 Å². The number of rotatable bonds is 11. The average molecular weight is 268 g/mol. The second-order valence-electron chi connectivity index (χ2n) is 5.72. The monoisotopic (exact) mass is 268 g/mol. The first-order valence-electron chi connectivity index (χ1n) is 7.50. The summed E-state index contributed by atoms with van der Waals surface area (Å²) in [5, 5.41) is 12.5. The molecule has 112 valence electrons. The Balaban J connectivity index is 4.07. The van der Waals surface area contributed by atoms with Gasteiger partial charge in [-0.25, -0.2) is 0 Å². The summed E-state index contributed by atoms with van der Waals surface area (Å²) in [6.07, 6.45) is 3.18. The normalized spacial score (nSPS) is 14.6. The zero-order chi connectivity index (χ0) is 14.7. The van der Waals surface area contributed by atoms with Crippen LogP contribution < -0.4 is 5.32 Å². The van der Waals surface area contributed by atoms with Crippen LogP contribution in [0.3, 0.4) is 0 Å². The summed E-state index contributed by atoms with van der Waals surface area (Å²) in [4.78, 5) is 4.73. The predicted octanol–water partition coefficient (Wildman–Crippen LogP) is 1.93. The molecule has 0 aliphatic rings. The van der Waals surface area contributed by atoms with Gasteiger partial charge >= 0.3 is 0 Å². The Kier molecular flexibility index (Phi) is 9.85. The van der Waals surface area contributed by atoms with Crippen molar-refractivity contribution in [3.05, 3.63) is 0 Å². The van der Waals surface area contributed by atoms with E-state index in [0.29, 0.717) is 0 Å². The SMILES string of the molecule is CCCN(CCCC(C)(C#N)NCC)CCN(C)C. The summed E-state index contributed by atoms with van der Waals surface area (Å²) in [5.74, 6) is 0. The molecule has 1 unspecified atom stereocenters. The lowest BCUT2D eigenvalue weighted by molar-refractivity contribution is 0.230. The lowest BCUT2D eigenvalue weighted by Gasteiger charge is -2.26. The molecule has 0 amide bonds. The van der Waals surface area contributed by atoms with Crippen molar-refractivity contribution >= 4 is 0 Å². The molecule has 0 aromatic rings. The van der Waals surface area contributed by atoms with Gasteiger partial charge in [0, 0.05) is 13.1 Å². The molecule has 1 atom stereocenters. The smallest absolute Gasteiger partial charge is 0.103 e. The van der Waals surface area contributed by atoms with Gasteiger partial charge in [0.1, 0.15) is 5.54 Å². The second kappa shape index (κ2) is 10.2. The third kappa shape index (κ3) is 8.99. The van der Waals surface area contributed by atoms with Crippen molar-refractivity contribution < 1.29 is 0 Å². The number of nitrogens with one attached hydrogen (secondary N) is 1. The van der Waals surface area contributed by atoms with Gasteiger partial charge in [-0.1, -0.05) is 13.8 Å². The van der Waals surface area contributed by atoms with Crippen molar-refractivity contribution in [1.82, 2.24) is 15.1 Å². The molecule has 19 heavy (non-hydrogen) atoms. The van der Waals surface area contributed by atoms with Crippen LogP contribution in [-0.4, -0.2) is 62.2 Å². The molecule has 0 fully saturated rings. The van der Waals surface area contributed by atoms with Crippen LogP contribution in [0.15, 0.2) is 0 Å². The molecular formula is C15H32N4. The molecule has 1 N–H and O–H groups in total. The number of nitriles is 1. The fourth-order valence-corrected chi connectivity index (χ4v) is 2.22. The molecule has 4 nitrogen and oxygen atoms in total. The Labute approximate surface area is 119 Å². The Bertz CT molecular complexity index is 259. The molecule has 0 aromatic heterocycles. The van der Waals surface area contributed by atoms with Gasteiger partial charge in [-0.3, -0.25) is 5.32 Å². The molecule has 0 radical (unpaired) electrons. The molecular weight excluding hydrogens is 236 g/mol. The molecule has 0 heterocycles. The maximum atomic E-state index is 9.23. The number of nitrogens with zero attached hydrogens (tertiary/aromatic N) is 3. The first-order chi connectivity index (χ1) is 8.97. The van der Waals surface area contributed by atoms with E-state index in [1.54, 1.807) is 0 Å². The Hall–Kier alpha value is -0.630. The van der Waals surface area contributed by atoms with Crippen LogP contribution >= 0.6 is 0 Å². The van der Waals surface area contributed by atoms with Gasteiger partial charge in [0.2, 0.25) is 0 Å². The minimum atomic E-state index is -0.367. The van der Waals surface area contributed by atoms with Crippen LogP contribution in [0.5, 0.6) is 0 Å². The standard InChI is InChI=1S/C15H32N4/c1-6-10-19(13-12-18(4)5)11-8-9-15(3,14-16)17-7-2/h17H,6-13H2,1-5H3. The largest absolute Gasteiger partial charge is 0.308 e. The minimum Gasteiger partial charge on any atom is -0.308 e. The zero-order valence-electron chi connectivity index (χ0n) is 13.5. The van der Waals surface area contributed by atoms with E-state index in [0.717, 1.165) is 45.6 Å². The fourth-order valence-electron chi connectivity index (χ4n) is 2.22. The van der Waals surface area contributed by atoms with Crippen molar-refractivity contribution in [2.24, 2.45) is 0 Å². The predicted molar refractivity (Wildman–Crippen MR) is 82.2 cm³/mol. The lowest BCUT2D eigenvalue weighted by atomic mass is 9.97. The van der Waals surface area contributed by atoms with Crippen molar-refractivity contribution in [2.45, 2.75) is 45.6 Å². The van der Waals surface area contributed by atoms with E-state index in [2.05, 4.69) is 49.1 Å². The summed E-state index contributed by atoms with van der Waals surface area (Å²) in [5.41, 5.74) is -0.367. The van der Waals surface area contributed by atoms with Gasteiger partial charge in [-0.2, -0.15) is 5.26 Å². The van der Waals surface area contributed by atoms with Crippen LogP contribution in [0.25, 0.3) is 0 Å². The topological polar surface area (TPSA) is 42.3 Å². The molecule has 0 saturated carbocycles. The molecule has 0 aromatic carbocycles. The van der Waals surface area contributed by atoms with Gasteiger partial charge in [-0.15, -0.1) is 0 Å². The lowest BCUT2D eigenvalue weighted by Crippen LogP contribution is -2.41. The van der Waals surface area contributed by atoms with Crippen LogP contribution in [0.2, 0.25) is 0 Å². The van der Waals surface area contributed by atoms with Gasteiger partial charge < -0.3 is 9.80 Å². The van der Waals surface area contributed by atoms with Gasteiger partial charge in [0.05, 0.1) is 6.07 Å². The van der Waals surface area contributed by atoms with Crippen molar-refractivity contribution in [1.29, 1.82) is 5.26 Å². The summed E-state index contributed by atoms with van der Waals surface area (Å²) in [7, 11) is 4.23. The third-order valence-corrected chi connectivity index (χ3v) is 3.37. The van der Waals surface area contributed by atoms with Crippen LogP contribution in [0, 0.1) is 11.3 Å². The van der Waals surface area contributed by atoms with Gasteiger partial charge in [0.15, 0.2) is 0 Å². The third-order valence-electron chi connectivity index (χ3n) is 3.37.